The fraction of sp³-hybridized carbons (Fsp3) is 0.630. The maximum absolute atomic E-state index is 12.7. The van der Waals surface area contributed by atoms with Crippen LogP contribution in [0.1, 0.15) is 136 Å². The minimum absolute atomic E-state index is 0.00926. The van der Waals surface area contributed by atoms with Gasteiger partial charge in [0.15, 0.2) is 6.10 Å². The van der Waals surface area contributed by atoms with Crippen LogP contribution in [0.5, 0.6) is 0 Å². The summed E-state index contributed by atoms with van der Waals surface area (Å²) in [5.41, 5.74) is 0. The fourth-order valence-corrected chi connectivity index (χ4v) is 5.39. The number of carbonyl (C=O) groups excluding carboxylic acids is 3. The third-order valence-corrected chi connectivity index (χ3v) is 8.54. The van der Waals surface area contributed by atoms with E-state index in [0.717, 1.165) is 77.0 Å². The third kappa shape index (κ3) is 34.3. The molecule has 0 aliphatic rings. The Morgan fingerprint density at radius 1 is 0.556 bits per heavy atom. The summed E-state index contributed by atoms with van der Waals surface area (Å²) in [6, 6.07) is -0.741. The molecule has 0 bridgehead atoms. The molecule has 0 N–H and O–H groups in total. The molecule has 0 radical (unpaired) electrons. The fourth-order valence-electron chi connectivity index (χ4n) is 5.39. The van der Waals surface area contributed by atoms with Crippen molar-refractivity contribution < 1.29 is 38.2 Å². The summed E-state index contributed by atoms with van der Waals surface area (Å²) in [5.74, 6) is -1.87. The second-order valence-electron chi connectivity index (χ2n) is 14.5. The maximum atomic E-state index is 12.7. The Labute approximate surface area is 329 Å². The molecule has 8 heteroatoms. The molecule has 2 unspecified atom stereocenters. The molecule has 8 nitrogen and oxygen atoms in total. The quantitative estimate of drug-likeness (QED) is 0.0275. The van der Waals surface area contributed by atoms with Crippen LogP contribution >= 0.6 is 0 Å². The summed E-state index contributed by atoms with van der Waals surface area (Å²) in [5, 5.41) is 11.6. The zero-order valence-corrected chi connectivity index (χ0v) is 34.6. The van der Waals surface area contributed by atoms with Gasteiger partial charge in [-0.15, -0.1) is 0 Å². The number of quaternary nitrogens is 1. The highest BCUT2D eigenvalue weighted by Gasteiger charge is 2.25. The molecule has 2 atom stereocenters. The van der Waals surface area contributed by atoms with Gasteiger partial charge in [0, 0.05) is 19.3 Å². The van der Waals surface area contributed by atoms with Gasteiger partial charge in [-0.1, -0.05) is 131 Å². The van der Waals surface area contributed by atoms with Crippen LogP contribution in [-0.2, 0) is 28.6 Å². The van der Waals surface area contributed by atoms with Crippen molar-refractivity contribution in [1.29, 1.82) is 0 Å². The second-order valence-corrected chi connectivity index (χ2v) is 14.5. The number of ether oxygens (including phenoxy) is 3. The minimum Gasteiger partial charge on any atom is -0.544 e. The molecule has 0 amide bonds. The molecule has 0 aromatic carbocycles. The molecular formula is C46H75NO7. The Balaban J connectivity index is 4.52. The van der Waals surface area contributed by atoms with Crippen molar-refractivity contribution in [3.05, 3.63) is 85.1 Å². The van der Waals surface area contributed by atoms with Crippen LogP contribution in [0, 0.1) is 0 Å². The summed E-state index contributed by atoms with van der Waals surface area (Å²) >= 11 is 0. The third-order valence-electron chi connectivity index (χ3n) is 8.54. The number of allylic oxidation sites excluding steroid dienone is 14. The summed E-state index contributed by atoms with van der Waals surface area (Å²) in [7, 11) is 5.37. The lowest BCUT2D eigenvalue weighted by atomic mass is 10.1. The van der Waals surface area contributed by atoms with Crippen molar-refractivity contribution in [3.63, 3.8) is 0 Å². The van der Waals surface area contributed by atoms with Crippen molar-refractivity contribution in [2.45, 2.75) is 148 Å². The molecule has 0 saturated heterocycles. The number of aliphatic carboxylic acids is 1. The zero-order valence-electron chi connectivity index (χ0n) is 34.6. The predicted molar refractivity (Wildman–Crippen MR) is 222 cm³/mol. The van der Waals surface area contributed by atoms with Crippen molar-refractivity contribution >= 4 is 17.9 Å². The summed E-state index contributed by atoms with van der Waals surface area (Å²) in [6.07, 6.45) is 46.2. The normalized spacial score (nSPS) is 13.9. The van der Waals surface area contributed by atoms with Crippen molar-refractivity contribution in [3.8, 4) is 0 Å². The topological polar surface area (TPSA) is 102 Å². The highest BCUT2D eigenvalue weighted by molar-refractivity contribution is 5.70. The number of carboxylic acids is 1. The van der Waals surface area contributed by atoms with Crippen LogP contribution in [0.25, 0.3) is 0 Å². The first-order valence-electron chi connectivity index (χ1n) is 20.6. The Bertz CT molecular complexity index is 1160. The molecule has 0 heterocycles. The van der Waals surface area contributed by atoms with Gasteiger partial charge in [-0.05, 0) is 70.6 Å². The molecule has 0 aromatic rings. The molecule has 306 valence electrons. The molecule has 54 heavy (non-hydrogen) atoms. The number of esters is 2. The number of unbranched alkanes of at least 4 members (excludes halogenated alkanes) is 7. The highest BCUT2D eigenvalue weighted by Crippen LogP contribution is 2.12. The molecule has 0 rings (SSSR count). The first kappa shape index (κ1) is 50.5. The van der Waals surface area contributed by atoms with Gasteiger partial charge in [0.2, 0.25) is 0 Å². The monoisotopic (exact) mass is 754 g/mol. The number of carboxylic acid groups (broad SMARTS) is 1. The van der Waals surface area contributed by atoms with Gasteiger partial charge in [0.25, 0.3) is 0 Å². The van der Waals surface area contributed by atoms with Crippen molar-refractivity contribution in [2.75, 3.05) is 41.0 Å². The van der Waals surface area contributed by atoms with Gasteiger partial charge >= 0.3 is 11.9 Å². The van der Waals surface area contributed by atoms with Gasteiger partial charge in [0.1, 0.15) is 12.6 Å². The van der Waals surface area contributed by atoms with Gasteiger partial charge in [-0.25, -0.2) is 0 Å². The maximum Gasteiger partial charge on any atom is 0.306 e. The Morgan fingerprint density at radius 3 is 1.52 bits per heavy atom. The molecule has 0 aromatic heterocycles. The van der Waals surface area contributed by atoms with Crippen LogP contribution in [-0.4, -0.2) is 75.5 Å². The zero-order chi connectivity index (χ0) is 40.0. The van der Waals surface area contributed by atoms with E-state index in [9.17, 15) is 19.5 Å². The molecule has 0 saturated carbocycles. The van der Waals surface area contributed by atoms with Gasteiger partial charge in [-0.2, -0.15) is 0 Å². The van der Waals surface area contributed by atoms with E-state index >= 15 is 0 Å². The SMILES string of the molecule is CC/C=C/C/C=C/C/C=C/C/C=C/C/C=C/CCC(=O)OCC(COCCC(C(=O)[O-])[N+](C)(C)C)OC(=O)CCCCCCCCC/C=C/C/C=C/CC. The van der Waals surface area contributed by atoms with Crippen molar-refractivity contribution in [1.82, 2.24) is 0 Å². The number of likely N-dealkylation sites (N-methyl/N-ethyl adjacent to an activating group) is 1. The Hall–Kier alpha value is -3.49. The molecule has 0 aliphatic carbocycles. The lowest BCUT2D eigenvalue weighted by molar-refractivity contribution is -0.889. The summed E-state index contributed by atoms with van der Waals surface area (Å²) in [6.45, 7) is 4.32. The largest absolute Gasteiger partial charge is 0.544 e. The first-order chi connectivity index (χ1) is 26.1. The van der Waals surface area contributed by atoms with E-state index in [-0.39, 0.29) is 49.1 Å². The number of rotatable bonds is 35. The van der Waals surface area contributed by atoms with E-state index in [1.807, 2.05) is 12.2 Å². The predicted octanol–water partition coefficient (Wildman–Crippen LogP) is 9.63. The van der Waals surface area contributed by atoms with Crippen molar-refractivity contribution in [2.24, 2.45) is 0 Å². The van der Waals surface area contributed by atoms with Crippen LogP contribution in [0.4, 0.5) is 0 Å². The summed E-state index contributed by atoms with van der Waals surface area (Å²) in [4.78, 5) is 36.7. The Kier molecular flexibility index (Phi) is 34.1. The summed E-state index contributed by atoms with van der Waals surface area (Å²) < 4.78 is 17.0. The van der Waals surface area contributed by atoms with E-state index < -0.39 is 18.1 Å². The Morgan fingerprint density at radius 2 is 1.02 bits per heavy atom. The van der Waals surface area contributed by atoms with Crippen LogP contribution in [0.15, 0.2) is 85.1 Å². The highest BCUT2D eigenvalue weighted by atomic mass is 16.6. The van der Waals surface area contributed by atoms with Crippen LogP contribution in [0.2, 0.25) is 0 Å². The second kappa shape index (κ2) is 36.5. The first-order valence-corrected chi connectivity index (χ1v) is 20.6. The molecule has 0 spiro atoms. The van der Waals surface area contributed by atoms with E-state index in [0.29, 0.717) is 12.8 Å². The van der Waals surface area contributed by atoms with Gasteiger partial charge < -0.3 is 28.6 Å². The van der Waals surface area contributed by atoms with E-state index in [4.69, 9.17) is 14.2 Å². The number of nitrogens with zero attached hydrogens (tertiary/aromatic N) is 1. The molecular weight excluding hydrogens is 679 g/mol. The average Bonchev–Trinajstić information content (AvgIpc) is 3.12. The molecule has 0 aliphatic heterocycles. The molecule has 0 fully saturated rings. The van der Waals surface area contributed by atoms with Gasteiger partial charge in [-0.3, -0.25) is 9.59 Å². The van der Waals surface area contributed by atoms with E-state index in [1.165, 1.54) is 19.3 Å². The average molecular weight is 754 g/mol. The minimum atomic E-state index is -1.14. The standard InChI is InChI=1S/C46H75NO7/c1-6-8-10-12-14-16-18-20-22-23-25-26-28-30-32-34-36-44(48)53-41-42(40-52-39-38-43(46(50)51)47(3,4)5)54-45(49)37-35-33-31-29-27-24-21-19-17-15-13-11-9-7-2/h8-11,14-17,20,22,25-26,30,32,42-43H,6-7,12-13,18-19,21,23-24,27-29,31,33-41H2,1-5H3/b10-8+,11-9+,16-14+,17-15+,22-20+,26-25+,32-30+. The van der Waals surface area contributed by atoms with E-state index in [2.05, 4.69) is 86.8 Å². The van der Waals surface area contributed by atoms with Crippen LogP contribution < -0.4 is 5.11 Å². The number of carbonyl (C=O) groups is 3. The lowest BCUT2D eigenvalue weighted by Crippen LogP contribution is -2.55. The van der Waals surface area contributed by atoms with E-state index in [1.54, 1.807) is 21.1 Å². The van der Waals surface area contributed by atoms with Crippen LogP contribution in [0.3, 0.4) is 0 Å². The smallest absolute Gasteiger partial charge is 0.306 e. The lowest BCUT2D eigenvalue weighted by Gasteiger charge is -2.34. The number of hydrogen-bond donors (Lipinski definition) is 0. The van der Waals surface area contributed by atoms with Gasteiger partial charge in [0.05, 0.1) is 40.3 Å². The number of hydrogen-bond acceptors (Lipinski definition) is 7.